The molecule has 0 amide bonds. The Hall–Kier alpha value is -2.50. The lowest BCUT2D eigenvalue weighted by atomic mass is 10.1. The van der Waals surface area contributed by atoms with Gasteiger partial charge in [-0.1, -0.05) is 13.0 Å². The molecule has 0 unspecified atom stereocenters. The Labute approximate surface area is 133 Å². The highest BCUT2D eigenvalue weighted by atomic mass is 19.2. The summed E-state index contributed by atoms with van der Waals surface area (Å²) in [5.41, 5.74) is 2.07. The molecule has 0 atom stereocenters. The Bertz CT molecular complexity index is 763. The smallest absolute Gasteiger partial charge is 0.159 e. The number of carbonyl (C=O) groups excluding carboxylic acids is 1. The summed E-state index contributed by atoms with van der Waals surface area (Å²) in [6.07, 6.45) is 2.11. The summed E-state index contributed by atoms with van der Waals surface area (Å²) in [6.45, 7) is 2.73. The number of hydrogen-bond acceptors (Lipinski definition) is 4. The summed E-state index contributed by atoms with van der Waals surface area (Å²) in [6, 6.07) is 5.63. The number of ketones is 1. The number of hydrogen-bond donors (Lipinski definition) is 0. The topological polar surface area (TPSA) is 36.4 Å². The molecule has 0 aliphatic carbocycles. The maximum Gasteiger partial charge on any atom is 0.159 e. The van der Waals surface area contributed by atoms with Gasteiger partial charge in [0.2, 0.25) is 0 Å². The molecule has 1 aliphatic heterocycles. The number of rotatable bonds is 4. The normalized spacial score (nSPS) is 13.4. The molecule has 0 bridgehead atoms. The largest absolute Gasteiger partial charge is 0.343 e. The molecule has 4 nitrogen and oxygen atoms in total. The highest BCUT2D eigenvalue weighted by Crippen LogP contribution is 2.36. The number of carbonyl (C=O) groups is 1. The van der Waals surface area contributed by atoms with Crippen LogP contribution in [-0.4, -0.2) is 31.0 Å². The first kappa shape index (κ1) is 15.4. The van der Waals surface area contributed by atoms with Crippen molar-refractivity contribution in [1.29, 1.82) is 0 Å². The average Bonchev–Trinajstić information content (AvgIpc) is 2.85. The molecule has 2 aromatic rings. The first-order chi connectivity index (χ1) is 11.0. The molecule has 0 N–H and O–H groups in total. The second-order valence-electron chi connectivity index (χ2n) is 5.63. The van der Waals surface area contributed by atoms with E-state index >= 15 is 0 Å². The van der Waals surface area contributed by atoms with Crippen LogP contribution in [-0.2, 0) is 4.79 Å². The molecule has 120 valence electrons. The second-order valence-corrected chi connectivity index (χ2v) is 5.63. The van der Waals surface area contributed by atoms with E-state index in [9.17, 15) is 13.6 Å². The lowest BCUT2D eigenvalue weighted by Gasteiger charge is -2.17. The zero-order valence-electron chi connectivity index (χ0n) is 13.0. The van der Waals surface area contributed by atoms with Gasteiger partial charge in [-0.15, -0.1) is 0 Å². The molecular weight excluding hydrogens is 300 g/mol. The minimum Gasteiger partial charge on any atom is -0.343 e. The van der Waals surface area contributed by atoms with Crippen molar-refractivity contribution in [1.82, 2.24) is 4.98 Å². The van der Waals surface area contributed by atoms with Crippen molar-refractivity contribution in [2.75, 3.05) is 30.1 Å². The van der Waals surface area contributed by atoms with Crippen molar-refractivity contribution >= 4 is 17.3 Å². The van der Waals surface area contributed by atoms with Crippen molar-refractivity contribution in [2.45, 2.75) is 13.3 Å². The molecule has 1 aromatic heterocycles. The molecular formula is C17H17F2N3O. The molecule has 23 heavy (non-hydrogen) atoms. The summed E-state index contributed by atoms with van der Waals surface area (Å²) in [5.74, 6) is -0.847. The van der Waals surface area contributed by atoms with Crippen molar-refractivity contribution in [2.24, 2.45) is 0 Å². The molecule has 3 rings (SSSR count). The van der Waals surface area contributed by atoms with E-state index in [2.05, 4.69) is 4.98 Å². The minimum atomic E-state index is -0.891. The number of Topliss-reactive ketones (excluding diaryl/α,β-unsaturated/α-hetero) is 1. The predicted octanol–water partition coefficient (Wildman–Crippen LogP) is 3.22. The first-order valence-electron chi connectivity index (χ1n) is 7.43. The Kier molecular flexibility index (Phi) is 3.98. The molecule has 2 heterocycles. The molecule has 0 radical (unpaired) electrons. The number of pyridine rings is 1. The molecule has 1 aromatic carbocycles. The van der Waals surface area contributed by atoms with Gasteiger partial charge in [0, 0.05) is 25.2 Å². The van der Waals surface area contributed by atoms with E-state index in [0.717, 1.165) is 23.6 Å². The van der Waals surface area contributed by atoms with Crippen LogP contribution >= 0.6 is 0 Å². The van der Waals surface area contributed by atoms with E-state index < -0.39 is 11.6 Å². The van der Waals surface area contributed by atoms with Crippen molar-refractivity contribution in [3.63, 3.8) is 0 Å². The van der Waals surface area contributed by atoms with Gasteiger partial charge in [-0.05, 0) is 23.8 Å². The van der Waals surface area contributed by atoms with Crippen LogP contribution < -0.4 is 9.80 Å². The SMILES string of the molecule is CCC(=O)CN1CN(C)c2ncc(-c3ccc(F)c(F)c3)cc21. The van der Waals surface area contributed by atoms with Gasteiger partial charge in [-0.2, -0.15) is 0 Å². The van der Waals surface area contributed by atoms with E-state index in [0.29, 0.717) is 30.8 Å². The first-order valence-corrected chi connectivity index (χ1v) is 7.43. The summed E-state index contributed by atoms with van der Waals surface area (Å²) < 4.78 is 26.5. The predicted molar refractivity (Wildman–Crippen MR) is 85.5 cm³/mol. The fourth-order valence-corrected chi connectivity index (χ4v) is 2.67. The van der Waals surface area contributed by atoms with Crippen molar-refractivity contribution < 1.29 is 13.6 Å². The van der Waals surface area contributed by atoms with Crippen molar-refractivity contribution in [3.05, 3.63) is 42.1 Å². The maximum absolute atomic E-state index is 13.4. The van der Waals surface area contributed by atoms with Gasteiger partial charge in [-0.3, -0.25) is 4.79 Å². The quantitative estimate of drug-likeness (QED) is 0.867. The lowest BCUT2D eigenvalue weighted by Crippen LogP contribution is -2.32. The van der Waals surface area contributed by atoms with Crippen LogP contribution in [0.4, 0.5) is 20.3 Å². The minimum absolute atomic E-state index is 0.143. The zero-order valence-corrected chi connectivity index (χ0v) is 13.0. The Morgan fingerprint density at radius 3 is 2.70 bits per heavy atom. The third-order valence-corrected chi connectivity index (χ3v) is 3.95. The molecule has 0 fully saturated rings. The monoisotopic (exact) mass is 317 g/mol. The van der Waals surface area contributed by atoms with E-state index in [1.165, 1.54) is 6.07 Å². The van der Waals surface area contributed by atoms with Crippen LogP contribution in [0.3, 0.4) is 0 Å². The summed E-state index contributed by atoms with van der Waals surface area (Å²) in [4.78, 5) is 20.1. The van der Waals surface area contributed by atoms with Gasteiger partial charge in [0.15, 0.2) is 23.2 Å². The lowest BCUT2D eigenvalue weighted by molar-refractivity contribution is -0.117. The van der Waals surface area contributed by atoms with E-state index in [4.69, 9.17) is 0 Å². The Morgan fingerprint density at radius 1 is 1.22 bits per heavy atom. The number of benzene rings is 1. The highest BCUT2D eigenvalue weighted by Gasteiger charge is 2.26. The van der Waals surface area contributed by atoms with Gasteiger partial charge in [0.1, 0.15) is 0 Å². The summed E-state index contributed by atoms with van der Waals surface area (Å²) in [5, 5.41) is 0. The van der Waals surface area contributed by atoms with E-state index in [1.54, 1.807) is 6.20 Å². The van der Waals surface area contributed by atoms with Crippen LogP contribution in [0.1, 0.15) is 13.3 Å². The molecule has 6 heteroatoms. The molecule has 0 saturated heterocycles. The Balaban J connectivity index is 1.98. The van der Waals surface area contributed by atoms with Crippen LogP contribution in [0.25, 0.3) is 11.1 Å². The van der Waals surface area contributed by atoms with E-state index in [1.807, 2.05) is 29.8 Å². The van der Waals surface area contributed by atoms with Crippen LogP contribution in [0.5, 0.6) is 0 Å². The fourth-order valence-electron chi connectivity index (χ4n) is 2.67. The molecule has 0 saturated carbocycles. The second kappa shape index (κ2) is 5.95. The van der Waals surface area contributed by atoms with Crippen LogP contribution in [0.2, 0.25) is 0 Å². The zero-order chi connectivity index (χ0) is 16.6. The maximum atomic E-state index is 13.4. The van der Waals surface area contributed by atoms with Crippen molar-refractivity contribution in [3.8, 4) is 11.1 Å². The molecule has 1 aliphatic rings. The standard InChI is InChI=1S/C17H17F2N3O/c1-3-13(23)9-22-10-21(2)17-16(22)7-12(8-20-17)11-4-5-14(18)15(19)6-11/h4-8H,3,9-10H2,1-2H3. The third-order valence-electron chi connectivity index (χ3n) is 3.95. The Morgan fingerprint density at radius 2 is 2.00 bits per heavy atom. The van der Waals surface area contributed by atoms with Gasteiger partial charge < -0.3 is 9.80 Å². The van der Waals surface area contributed by atoms with Gasteiger partial charge in [0.25, 0.3) is 0 Å². The number of fused-ring (bicyclic) bond motifs is 1. The van der Waals surface area contributed by atoms with Crippen LogP contribution in [0.15, 0.2) is 30.5 Å². The summed E-state index contributed by atoms with van der Waals surface area (Å²) in [7, 11) is 1.90. The summed E-state index contributed by atoms with van der Waals surface area (Å²) >= 11 is 0. The van der Waals surface area contributed by atoms with Gasteiger partial charge in [0.05, 0.1) is 18.9 Å². The number of halogens is 2. The van der Waals surface area contributed by atoms with Gasteiger partial charge in [-0.25, -0.2) is 13.8 Å². The number of nitrogens with zero attached hydrogens (tertiary/aromatic N) is 3. The average molecular weight is 317 g/mol. The van der Waals surface area contributed by atoms with Crippen LogP contribution in [0, 0.1) is 11.6 Å². The third kappa shape index (κ3) is 2.88. The van der Waals surface area contributed by atoms with E-state index in [-0.39, 0.29) is 5.78 Å². The highest BCUT2D eigenvalue weighted by molar-refractivity contribution is 5.87. The molecule has 0 spiro atoms. The number of aromatic nitrogens is 1. The fraction of sp³-hybridized carbons (Fsp3) is 0.294. The number of anilines is 2. The van der Waals surface area contributed by atoms with Gasteiger partial charge >= 0.3 is 0 Å².